The minimum atomic E-state index is -0.685. The van der Waals surface area contributed by atoms with Crippen LogP contribution in [-0.4, -0.2) is 35.1 Å². The van der Waals surface area contributed by atoms with Crippen LogP contribution >= 0.6 is 0 Å². The molecule has 1 saturated heterocycles. The van der Waals surface area contributed by atoms with Crippen molar-refractivity contribution in [2.75, 3.05) is 13.1 Å². The number of hydrogen-bond acceptors (Lipinski definition) is 2. The molecule has 0 radical (unpaired) electrons. The highest BCUT2D eigenvalue weighted by molar-refractivity contribution is 5.72. The number of rotatable bonds is 2. The quantitative estimate of drug-likeness (QED) is 0.692. The Labute approximate surface area is 89.8 Å². The first-order valence-corrected chi connectivity index (χ1v) is 5.82. The monoisotopic (exact) mass is 207 g/mol. The molecule has 2 fully saturated rings. The minimum Gasteiger partial charge on any atom is -0.480 e. The largest absolute Gasteiger partial charge is 0.480 e. The van der Waals surface area contributed by atoms with Gasteiger partial charge in [0.25, 0.3) is 0 Å². The topological polar surface area (TPSA) is 40.5 Å². The summed E-state index contributed by atoms with van der Waals surface area (Å²) in [5, 5.41) is 9.00. The second kappa shape index (κ2) is 3.08. The van der Waals surface area contributed by atoms with Gasteiger partial charge in [-0.05, 0) is 37.0 Å². The number of aliphatic carboxylic acids is 1. The number of carbonyl (C=O) groups is 1. The average molecular weight is 207 g/mol. The van der Waals surface area contributed by atoms with Crippen LogP contribution in [0.4, 0.5) is 0 Å². The van der Waals surface area contributed by atoms with Crippen molar-refractivity contribution in [1.29, 1.82) is 0 Å². The molecule has 2 aliphatic carbocycles. The highest BCUT2D eigenvalue weighted by Gasteiger charge is 2.50. The van der Waals surface area contributed by atoms with Crippen LogP contribution < -0.4 is 0 Å². The van der Waals surface area contributed by atoms with E-state index in [0.29, 0.717) is 0 Å². The van der Waals surface area contributed by atoms with Crippen LogP contribution in [0.3, 0.4) is 0 Å². The number of nitrogens with zero attached hydrogens (tertiary/aromatic N) is 1. The third-order valence-corrected chi connectivity index (χ3v) is 4.60. The maximum Gasteiger partial charge on any atom is 0.320 e. The molecule has 15 heavy (non-hydrogen) atoms. The van der Waals surface area contributed by atoms with E-state index in [1.54, 1.807) is 6.92 Å². The van der Waals surface area contributed by atoms with Crippen molar-refractivity contribution in [1.82, 2.24) is 4.90 Å². The number of allylic oxidation sites excluding steroid dienone is 2. The summed E-state index contributed by atoms with van der Waals surface area (Å²) in [6, 6.07) is -0.310. The van der Waals surface area contributed by atoms with E-state index in [1.807, 2.05) is 0 Å². The molecule has 5 atom stereocenters. The molecule has 3 heteroatoms. The molecule has 5 unspecified atom stereocenters. The lowest BCUT2D eigenvalue weighted by Gasteiger charge is -2.22. The molecule has 3 nitrogen and oxygen atoms in total. The summed E-state index contributed by atoms with van der Waals surface area (Å²) in [5.74, 6) is 2.27. The third kappa shape index (κ3) is 1.26. The molecule has 2 bridgehead atoms. The Bertz CT molecular complexity index is 306. The Balaban J connectivity index is 1.73. The fourth-order valence-corrected chi connectivity index (χ4v) is 3.66. The van der Waals surface area contributed by atoms with Crippen LogP contribution in [0.5, 0.6) is 0 Å². The van der Waals surface area contributed by atoms with Gasteiger partial charge in [0.1, 0.15) is 6.04 Å². The zero-order chi connectivity index (χ0) is 10.6. The fraction of sp³-hybridized carbons (Fsp3) is 0.750. The van der Waals surface area contributed by atoms with E-state index in [1.165, 1.54) is 6.42 Å². The molecule has 3 aliphatic rings. The zero-order valence-corrected chi connectivity index (χ0v) is 8.97. The number of fused-ring (bicyclic) bond motifs is 5. The van der Waals surface area contributed by atoms with Gasteiger partial charge in [0, 0.05) is 13.1 Å². The number of carboxylic acids is 1. The van der Waals surface area contributed by atoms with E-state index in [9.17, 15) is 4.79 Å². The van der Waals surface area contributed by atoms with E-state index in [0.717, 1.165) is 36.8 Å². The Hall–Kier alpha value is -0.830. The van der Waals surface area contributed by atoms with Crippen molar-refractivity contribution in [3.8, 4) is 0 Å². The van der Waals surface area contributed by atoms with Crippen molar-refractivity contribution in [2.24, 2.45) is 23.7 Å². The molecular weight excluding hydrogens is 190 g/mol. The van der Waals surface area contributed by atoms with E-state index in [-0.39, 0.29) is 6.04 Å². The van der Waals surface area contributed by atoms with E-state index >= 15 is 0 Å². The first-order chi connectivity index (χ1) is 7.16. The number of hydrogen-bond donors (Lipinski definition) is 1. The molecular formula is C12H17NO2. The average Bonchev–Trinajstić information content (AvgIpc) is 2.87. The van der Waals surface area contributed by atoms with Gasteiger partial charge >= 0.3 is 5.97 Å². The summed E-state index contributed by atoms with van der Waals surface area (Å²) in [6.07, 6.45) is 6.02. The predicted octanol–water partition coefficient (Wildman–Crippen LogP) is 1.21. The fourth-order valence-electron chi connectivity index (χ4n) is 3.66. The molecule has 0 amide bonds. The normalized spacial score (nSPS) is 44.6. The predicted molar refractivity (Wildman–Crippen MR) is 56.4 cm³/mol. The first-order valence-electron chi connectivity index (χ1n) is 5.82. The highest BCUT2D eigenvalue weighted by Crippen LogP contribution is 2.51. The van der Waals surface area contributed by atoms with Gasteiger partial charge in [-0.1, -0.05) is 12.2 Å². The minimum absolute atomic E-state index is 0.310. The van der Waals surface area contributed by atoms with Crippen molar-refractivity contribution in [3.05, 3.63) is 12.2 Å². The maximum atomic E-state index is 10.9. The second-order valence-corrected chi connectivity index (χ2v) is 5.24. The van der Waals surface area contributed by atoms with Crippen LogP contribution in [0.15, 0.2) is 12.2 Å². The first kappa shape index (κ1) is 9.40. The summed E-state index contributed by atoms with van der Waals surface area (Å²) in [6.45, 7) is 3.78. The molecule has 1 aliphatic heterocycles. The second-order valence-electron chi connectivity index (χ2n) is 5.24. The van der Waals surface area contributed by atoms with E-state index in [2.05, 4.69) is 17.1 Å². The summed E-state index contributed by atoms with van der Waals surface area (Å²) in [5.41, 5.74) is 0. The third-order valence-electron chi connectivity index (χ3n) is 4.60. The summed E-state index contributed by atoms with van der Waals surface area (Å²) >= 11 is 0. The molecule has 1 N–H and O–H groups in total. The summed E-state index contributed by atoms with van der Waals surface area (Å²) in [7, 11) is 0. The molecule has 0 spiro atoms. The lowest BCUT2D eigenvalue weighted by atomic mass is 9.86. The molecule has 0 aromatic carbocycles. The van der Waals surface area contributed by atoms with Crippen LogP contribution in [0.25, 0.3) is 0 Å². The Morgan fingerprint density at radius 1 is 1.33 bits per heavy atom. The van der Waals surface area contributed by atoms with Gasteiger partial charge in [0.15, 0.2) is 0 Å². The Kier molecular flexibility index (Phi) is 1.93. The summed E-state index contributed by atoms with van der Waals surface area (Å²) < 4.78 is 0. The van der Waals surface area contributed by atoms with Crippen LogP contribution in [0, 0.1) is 23.7 Å². The van der Waals surface area contributed by atoms with Crippen molar-refractivity contribution >= 4 is 5.97 Å². The van der Waals surface area contributed by atoms with Crippen molar-refractivity contribution < 1.29 is 9.90 Å². The van der Waals surface area contributed by atoms with Crippen molar-refractivity contribution in [3.63, 3.8) is 0 Å². The number of likely N-dealkylation sites (tertiary alicyclic amines) is 1. The molecule has 3 rings (SSSR count). The standard InChI is InChI=1S/C12H17NO2/c1-7(12(14)15)13-5-10-8-2-3-9(4-8)11(10)6-13/h2-3,7-11H,4-6H2,1H3,(H,14,15). The van der Waals surface area contributed by atoms with Crippen LogP contribution in [0.2, 0.25) is 0 Å². The van der Waals surface area contributed by atoms with Gasteiger partial charge in [0.05, 0.1) is 0 Å². The molecule has 0 aromatic rings. The highest BCUT2D eigenvalue weighted by atomic mass is 16.4. The van der Waals surface area contributed by atoms with Gasteiger partial charge in [-0.2, -0.15) is 0 Å². The van der Waals surface area contributed by atoms with E-state index in [4.69, 9.17) is 5.11 Å². The molecule has 0 aromatic heterocycles. The summed E-state index contributed by atoms with van der Waals surface area (Å²) in [4.78, 5) is 13.1. The zero-order valence-electron chi connectivity index (χ0n) is 8.97. The van der Waals surface area contributed by atoms with Crippen LogP contribution in [0.1, 0.15) is 13.3 Å². The Morgan fingerprint density at radius 2 is 1.87 bits per heavy atom. The number of carboxylic acid groups (broad SMARTS) is 1. The lowest BCUT2D eigenvalue weighted by molar-refractivity contribution is -0.142. The maximum absolute atomic E-state index is 10.9. The SMILES string of the molecule is CC(C(=O)O)N1CC2C3C=CC(C3)C2C1. The smallest absolute Gasteiger partial charge is 0.320 e. The van der Waals surface area contributed by atoms with Gasteiger partial charge in [-0.3, -0.25) is 9.69 Å². The van der Waals surface area contributed by atoms with Gasteiger partial charge in [-0.25, -0.2) is 0 Å². The molecule has 1 saturated carbocycles. The van der Waals surface area contributed by atoms with Gasteiger partial charge in [-0.15, -0.1) is 0 Å². The van der Waals surface area contributed by atoms with Crippen LogP contribution in [-0.2, 0) is 4.79 Å². The lowest BCUT2D eigenvalue weighted by Crippen LogP contribution is -2.38. The van der Waals surface area contributed by atoms with Gasteiger partial charge in [0.2, 0.25) is 0 Å². The molecule has 82 valence electrons. The van der Waals surface area contributed by atoms with Crippen molar-refractivity contribution in [2.45, 2.75) is 19.4 Å². The Morgan fingerprint density at radius 3 is 2.33 bits per heavy atom. The van der Waals surface area contributed by atoms with E-state index < -0.39 is 5.97 Å². The molecule has 1 heterocycles. The van der Waals surface area contributed by atoms with Gasteiger partial charge < -0.3 is 5.11 Å².